The van der Waals surface area contributed by atoms with Crippen LogP contribution >= 0.6 is 15.9 Å². The summed E-state index contributed by atoms with van der Waals surface area (Å²) in [5, 5.41) is 6.22. The lowest BCUT2D eigenvalue weighted by molar-refractivity contribution is 0.0532. The number of carbonyl (C=O) groups excluding carboxylic acids is 1. The lowest BCUT2D eigenvalue weighted by atomic mass is 10.2. The Kier molecular flexibility index (Phi) is 11.3. The summed E-state index contributed by atoms with van der Waals surface area (Å²) in [5.74, 6) is 1.81. The molecule has 1 heterocycles. The third kappa shape index (κ3) is 9.17. The van der Waals surface area contributed by atoms with Crippen molar-refractivity contribution in [1.82, 2.24) is 19.7 Å². The van der Waals surface area contributed by atoms with Crippen molar-refractivity contribution < 1.29 is 13.9 Å². The first-order valence-electron chi connectivity index (χ1n) is 6.44. The molecular weight excluding hydrogens is 371 g/mol. The van der Waals surface area contributed by atoms with Crippen LogP contribution in [0.5, 0.6) is 0 Å². The van der Waals surface area contributed by atoms with E-state index >= 15 is 0 Å². The van der Waals surface area contributed by atoms with Crippen LogP contribution in [-0.2, 0) is 18.3 Å². The van der Waals surface area contributed by atoms with E-state index in [1.54, 1.807) is 27.8 Å². The smallest absolute Gasteiger partial charge is 0.407 e. The number of hydrogen-bond donors (Lipinski definition) is 1. The Labute approximate surface area is 144 Å². The second kappa shape index (κ2) is 11.0. The molecule has 0 fully saturated rings. The molecule has 0 atom stereocenters. The molecule has 9 heteroatoms. The highest BCUT2D eigenvalue weighted by molar-refractivity contribution is 9.08. The number of aromatic nitrogens is 3. The second-order valence-corrected chi connectivity index (χ2v) is 5.30. The molecule has 0 radical (unpaired) electrons. The van der Waals surface area contributed by atoms with E-state index in [0.29, 0.717) is 6.33 Å². The number of rotatable bonds is 4. The van der Waals surface area contributed by atoms with Gasteiger partial charge < -0.3 is 10.1 Å². The van der Waals surface area contributed by atoms with Crippen molar-refractivity contribution in [3.05, 3.63) is 28.7 Å². The van der Waals surface area contributed by atoms with Crippen molar-refractivity contribution in [3.63, 3.8) is 0 Å². The lowest BCUT2D eigenvalue weighted by Gasteiger charge is -2.19. The van der Waals surface area contributed by atoms with Gasteiger partial charge in [0.05, 0.1) is 12.9 Å². The number of nitrogens with zero attached hydrogens (tertiary/aromatic N) is 3. The number of amides is 1. The summed E-state index contributed by atoms with van der Waals surface area (Å²) in [4.78, 5) is 23.0. The van der Waals surface area contributed by atoms with Gasteiger partial charge in [-0.05, 0) is 32.2 Å². The molecule has 0 saturated heterocycles. The number of hydrogen-bond acceptors (Lipinski definition) is 4. The number of alkyl carbamates (subject to hydrolysis) is 1. The highest BCUT2D eigenvalue weighted by atomic mass is 79.9. The molecule has 1 N–H and O–H groups in total. The first kappa shape index (κ1) is 23.6. The molecule has 0 aliphatic rings. The van der Waals surface area contributed by atoms with Crippen LogP contribution < -0.4 is 11.0 Å². The quantitative estimate of drug-likeness (QED) is 0.793. The molecule has 0 bridgehead atoms. The maximum absolute atomic E-state index is 12.8. The van der Waals surface area contributed by atoms with Crippen LogP contribution in [0.4, 0.5) is 9.18 Å². The van der Waals surface area contributed by atoms with Gasteiger partial charge >= 0.3 is 11.8 Å². The van der Waals surface area contributed by atoms with Gasteiger partial charge in [0.2, 0.25) is 0 Å². The van der Waals surface area contributed by atoms with E-state index in [1.165, 1.54) is 10.9 Å². The molecule has 0 aromatic carbocycles. The molecule has 0 aliphatic heterocycles. The molecule has 1 aromatic rings. The van der Waals surface area contributed by atoms with Crippen molar-refractivity contribution in [1.29, 1.82) is 0 Å². The van der Waals surface area contributed by atoms with Crippen molar-refractivity contribution in [3.8, 4) is 0 Å². The van der Waals surface area contributed by atoms with Gasteiger partial charge in [-0.1, -0.05) is 23.4 Å². The molecule has 1 aromatic heterocycles. The highest BCUT2D eigenvalue weighted by Crippen LogP contribution is 2.06. The number of ether oxygens (including phenoxy) is 1. The number of halogens is 2. The highest BCUT2D eigenvalue weighted by Gasteiger charge is 2.16. The fourth-order valence-electron chi connectivity index (χ4n) is 1.35. The summed E-state index contributed by atoms with van der Waals surface area (Å²) in [6, 6.07) is 0. The number of alkyl halides is 1. The molecule has 23 heavy (non-hydrogen) atoms. The average Bonchev–Trinajstić information content (AvgIpc) is 2.75. The zero-order valence-corrected chi connectivity index (χ0v) is 15.0. The molecular formula is C14H26BrFN4O3. The zero-order valence-electron chi connectivity index (χ0n) is 13.4. The topological polar surface area (TPSA) is 78.2 Å². The molecule has 0 spiro atoms. The lowest BCUT2D eigenvalue weighted by Crippen LogP contribution is -2.34. The monoisotopic (exact) mass is 396 g/mol. The van der Waals surface area contributed by atoms with Gasteiger partial charge in [-0.3, -0.25) is 4.57 Å². The number of aryl methyl sites for hydroxylation is 1. The summed E-state index contributed by atoms with van der Waals surface area (Å²) >= 11 is 2.94. The van der Waals surface area contributed by atoms with Crippen LogP contribution in [0.25, 0.3) is 0 Å². The minimum Gasteiger partial charge on any atom is -0.444 e. The van der Waals surface area contributed by atoms with Crippen LogP contribution in [0.2, 0.25) is 0 Å². The van der Waals surface area contributed by atoms with Crippen LogP contribution in [0, 0.1) is 0 Å². The maximum atomic E-state index is 12.8. The van der Waals surface area contributed by atoms with E-state index in [9.17, 15) is 14.0 Å². The molecule has 0 unspecified atom stereocenters. The van der Waals surface area contributed by atoms with E-state index in [-0.39, 0.29) is 31.8 Å². The minimum atomic E-state index is -0.648. The Morgan fingerprint density at radius 1 is 1.48 bits per heavy atom. The predicted octanol–water partition coefficient (Wildman–Crippen LogP) is 2.61. The van der Waals surface area contributed by atoms with E-state index < -0.39 is 11.7 Å². The molecule has 1 amide bonds. The van der Waals surface area contributed by atoms with Crippen molar-refractivity contribution >= 4 is 22.0 Å². The van der Waals surface area contributed by atoms with Gasteiger partial charge in [0, 0.05) is 13.6 Å². The zero-order chi connectivity index (χ0) is 17.3. The summed E-state index contributed by atoms with van der Waals surface area (Å²) in [7, 11) is 1.55. The Morgan fingerprint density at radius 3 is 2.43 bits per heavy atom. The molecule has 1 rings (SSSR count). The fourth-order valence-corrected chi connectivity index (χ4v) is 1.35. The second-order valence-electron chi connectivity index (χ2n) is 5.30. The van der Waals surface area contributed by atoms with Crippen LogP contribution in [0.15, 0.2) is 23.0 Å². The maximum Gasteiger partial charge on any atom is 0.407 e. The van der Waals surface area contributed by atoms with Crippen molar-refractivity contribution in [2.75, 3.05) is 12.4 Å². The van der Waals surface area contributed by atoms with Crippen LogP contribution in [0.1, 0.15) is 28.2 Å². The summed E-state index contributed by atoms with van der Waals surface area (Å²) < 4.78 is 20.2. The summed E-state index contributed by atoms with van der Waals surface area (Å²) in [6.45, 7) is 5.09. The Balaban J connectivity index is 0. The molecule has 134 valence electrons. The van der Waals surface area contributed by atoms with E-state index in [0.717, 1.165) is 4.68 Å². The SMILES string of the molecule is C.CBr.Cn1cnn(CC(=CF)CNC(=O)OC(C)(C)C)c1=O. The third-order valence-corrected chi connectivity index (χ3v) is 2.25. The van der Waals surface area contributed by atoms with Crippen LogP contribution in [0.3, 0.4) is 0 Å². The van der Waals surface area contributed by atoms with Gasteiger partial charge in [-0.15, -0.1) is 0 Å². The van der Waals surface area contributed by atoms with Gasteiger partial charge in [0.15, 0.2) is 0 Å². The molecule has 0 saturated carbocycles. The summed E-state index contributed by atoms with van der Waals surface area (Å²) in [5.41, 5.74) is -0.778. The van der Waals surface area contributed by atoms with Gasteiger partial charge in [-0.25, -0.2) is 18.7 Å². The Hall–Kier alpha value is -1.64. The van der Waals surface area contributed by atoms with Gasteiger partial charge in [0.1, 0.15) is 11.9 Å². The number of nitrogens with one attached hydrogen (secondary N) is 1. The molecule has 7 nitrogen and oxygen atoms in total. The fraction of sp³-hybridized carbons (Fsp3) is 0.643. The summed E-state index contributed by atoms with van der Waals surface area (Å²) in [6.07, 6.45) is 1.03. The van der Waals surface area contributed by atoms with E-state index in [2.05, 4.69) is 26.3 Å². The van der Waals surface area contributed by atoms with Crippen molar-refractivity contribution in [2.45, 2.75) is 40.3 Å². The predicted molar refractivity (Wildman–Crippen MR) is 92.5 cm³/mol. The van der Waals surface area contributed by atoms with Gasteiger partial charge in [0.25, 0.3) is 0 Å². The van der Waals surface area contributed by atoms with Gasteiger partial charge in [-0.2, -0.15) is 5.10 Å². The number of carbonyl (C=O) groups is 1. The van der Waals surface area contributed by atoms with E-state index in [4.69, 9.17) is 4.74 Å². The Morgan fingerprint density at radius 2 is 2.04 bits per heavy atom. The largest absolute Gasteiger partial charge is 0.444 e. The molecule has 0 aliphatic carbocycles. The normalized spacial score (nSPS) is 11.0. The van der Waals surface area contributed by atoms with E-state index in [1.807, 2.05) is 5.83 Å². The standard InChI is InChI=1S/C12H19FN4O3.CH3Br.CH4/c1-12(2,3)20-10(18)14-6-9(5-13)7-17-11(19)16(4)8-15-17;1-2;/h5,8H,6-7H2,1-4H3,(H,14,18);1H3;1H4. The first-order chi connectivity index (χ1) is 10.2. The van der Waals surface area contributed by atoms with Crippen LogP contribution in [-0.4, -0.2) is 38.4 Å². The average molecular weight is 397 g/mol. The Bertz CT molecular complexity index is 561. The minimum absolute atomic E-state index is 0. The third-order valence-electron chi connectivity index (χ3n) is 2.25. The first-order valence-corrected chi connectivity index (χ1v) is 8.03. The van der Waals surface area contributed by atoms with Crippen molar-refractivity contribution in [2.24, 2.45) is 7.05 Å².